The molecule has 0 saturated carbocycles. The largest absolute Gasteiger partial charge is 0.338 e. The molecule has 7 nitrogen and oxygen atoms in total. The number of likely N-dealkylation sites (tertiary alicyclic amines) is 1. The Hall–Kier alpha value is -1.63. The third kappa shape index (κ3) is 5.82. The van der Waals surface area contributed by atoms with E-state index >= 15 is 0 Å². The highest BCUT2D eigenvalue weighted by Crippen LogP contribution is 2.15. The predicted molar refractivity (Wildman–Crippen MR) is 90.0 cm³/mol. The first kappa shape index (κ1) is 17.7. The molecule has 130 valence electrons. The number of rotatable bonds is 7. The van der Waals surface area contributed by atoms with Crippen LogP contribution in [0.2, 0.25) is 0 Å². The van der Waals surface area contributed by atoms with E-state index in [1.54, 1.807) is 6.33 Å². The van der Waals surface area contributed by atoms with Gasteiger partial charge in [0.05, 0.1) is 6.04 Å². The summed E-state index contributed by atoms with van der Waals surface area (Å²) >= 11 is 0. The summed E-state index contributed by atoms with van der Waals surface area (Å²) in [5.74, 6) is 1.58. The van der Waals surface area contributed by atoms with Gasteiger partial charge in [0.1, 0.15) is 6.33 Å². The van der Waals surface area contributed by atoms with Crippen molar-refractivity contribution in [3.8, 4) is 0 Å². The summed E-state index contributed by atoms with van der Waals surface area (Å²) in [5, 5.41) is 13.6. The normalized spacial score (nSPS) is 20.2. The Labute approximate surface area is 138 Å². The van der Waals surface area contributed by atoms with E-state index in [-0.39, 0.29) is 12.1 Å². The Kier molecular flexibility index (Phi) is 6.83. The van der Waals surface area contributed by atoms with Crippen LogP contribution in [-0.4, -0.2) is 51.9 Å². The number of aromatic nitrogens is 3. The number of nitrogens with zero attached hydrogens (tertiary/aromatic N) is 4. The Morgan fingerprint density at radius 2 is 2.30 bits per heavy atom. The molecule has 0 aliphatic carbocycles. The lowest BCUT2D eigenvalue weighted by Crippen LogP contribution is -2.38. The summed E-state index contributed by atoms with van der Waals surface area (Å²) in [5.41, 5.74) is 0. The van der Waals surface area contributed by atoms with Crippen LogP contribution in [0.15, 0.2) is 6.33 Å². The van der Waals surface area contributed by atoms with Gasteiger partial charge in [-0.3, -0.25) is 0 Å². The molecule has 23 heavy (non-hydrogen) atoms. The van der Waals surface area contributed by atoms with E-state index in [0.717, 1.165) is 31.1 Å². The van der Waals surface area contributed by atoms with E-state index in [1.807, 2.05) is 18.5 Å². The molecule has 2 heterocycles. The van der Waals surface area contributed by atoms with E-state index in [9.17, 15) is 4.79 Å². The number of piperidine rings is 1. The molecule has 2 atom stereocenters. The highest BCUT2D eigenvalue weighted by atomic mass is 16.2. The summed E-state index contributed by atoms with van der Waals surface area (Å²) in [4.78, 5) is 14.4. The van der Waals surface area contributed by atoms with Gasteiger partial charge in [-0.25, -0.2) is 4.79 Å². The Morgan fingerprint density at radius 3 is 3.00 bits per heavy atom. The van der Waals surface area contributed by atoms with Crippen molar-refractivity contribution < 1.29 is 4.79 Å². The van der Waals surface area contributed by atoms with Crippen molar-refractivity contribution in [3.63, 3.8) is 0 Å². The number of urea groups is 1. The molecule has 1 aromatic heterocycles. The zero-order valence-corrected chi connectivity index (χ0v) is 14.6. The minimum absolute atomic E-state index is 0.146. The number of aryl methyl sites for hydroxylation is 1. The van der Waals surface area contributed by atoms with Gasteiger partial charge in [0.25, 0.3) is 0 Å². The average molecular weight is 322 g/mol. The maximum absolute atomic E-state index is 11.9. The van der Waals surface area contributed by atoms with Crippen molar-refractivity contribution in [2.45, 2.75) is 45.6 Å². The molecule has 0 unspecified atom stereocenters. The molecular weight excluding hydrogens is 292 g/mol. The molecule has 2 rings (SSSR count). The first-order valence-electron chi connectivity index (χ1n) is 8.67. The van der Waals surface area contributed by atoms with Gasteiger partial charge in [0.15, 0.2) is 5.82 Å². The number of nitrogens with one attached hydrogen (secondary N) is 2. The Morgan fingerprint density at radius 1 is 1.48 bits per heavy atom. The summed E-state index contributed by atoms with van der Waals surface area (Å²) < 4.78 is 1.81. The molecule has 1 saturated heterocycles. The van der Waals surface area contributed by atoms with Gasteiger partial charge in [0.2, 0.25) is 0 Å². The number of carbonyl (C=O) groups is 1. The minimum atomic E-state index is -0.155. The second-order valence-corrected chi connectivity index (χ2v) is 6.68. The van der Waals surface area contributed by atoms with Crippen molar-refractivity contribution in [2.24, 2.45) is 13.0 Å². The maximum Gasteiger partial charge on any atom is 0.315 e. The second-order valence-electron chi connectivity index (χ2n) is 6.68. The third-order valence-corrected chi connectivity index (χ3v) is 4.41. The van der Waals surface area contributed by atoms with E-state index in [2.05, 4.69) is 32.7 Å². The van der Waals surface area contributed by atoms with Crippen LogP contribution in [-0.2, 0) is 7.05 Å². The molecule has 0 spiro atoms. The van der Waals surface area contributed by atoms with Gasteiger partial charge < -0.3 is 20.1 Å². The summed E-state index contributed by atoms with van der Waals surface area (Å²) in [6.45, 7) is 8.54. The average Bonchev–Trinajstić information content (AvgIpc) is 2.93. The van der Waals surface area contributed by atoms with Crippen molar-refractivity contribution >= 4 is 6.03 Å². The van der Waals surface area contributed by atoms with Crippen LogP contribution < -0.4 is 10.6 Å². The van der Waals surface area contributed by atoms with Gasteiger partial charge in [-0.2, -0.15) is 0 Å². The molecule has 0 radical (unpaired) electrons. The first-order valence-corrected chi connectivity index (χ1v) is 8.67. The molecule has 1 aromatic rings. The highest BCUT2D eigenvalue weighted by Gasteiger charge is 2.16. The molecule has 0 bridgehead atoms. The van der Waals surface area contributed by atoms with E-state index in [1.165, 1.54) is 25.9 Å². The van der Waals surface area contributed by atoms with E-state index in [4.69, 9.17) is 0 Å². The highest BCUT2D eigenvalue weighted by molar-refractivity contribution is 5.74. The lowest BCUT2D eigenvalue weighted by atomic mass is 10.0. The molecule has 1 aliphatic rings. The monoisotopic (exact) mass is 322 g/mol. The zero-order valence-electron chi connectivity index (χ0n) is 14.6. The standard InChI is InChI=1S/C16H30N6O/c1-13-7-6-10-22(11-13)9-5-4-8-17-16(23)19-14(2)15-20-18-12-21(15)3/h12-14H,4-11H2,1-3H3,(H2,17,19,23)/t13-,14+/m1/s1. The number of carbonyl (C=O) groups excluding carboxylic acids is 1. The zero-order chi connectivity index (χ0) is 16.7. The Bertz CT molecular complexity index is 489. The lowest BCUT2D eigenvalue weighted by Gasteiger charge is -2.30. The maximum atomic E-state index is 11.9. The van der Waals surface area contributed by atoms with Crippen LogP contribution in [0.25, 0.3) is 0 Å². The van der Waals surface area contributed by atoms with Gasteiger partial charge in [0, 0.05) is 20.1 Å². The number of hydrogen-bond donors (Lipinski definition) is 2. The van der Waals surface area contributed by atoms with Crippen molar-refractivity contribution in [1.29, 1.82) is 0 Å². The van der Waals surface area contributed by atoms with Gasteiger partial charge in [-0.1, -0.05) is 6.92 Å². The predicted octanol–water partition coefficient (Wildman–Crippen LogP) is 1.69. The Balaban J connectivity index is 1.55. The fourth-order valence-corrected chi connectivity index (χ4v) is 3.15. The van der Waals surface area contributed by atoms with E-state index in [0.29, 0.717) is 6.54 Å². The van der Waals surface area contributed by atoms with Gasteiger partial charge >= 0.3 is 6.03 Å². The molecule has 7 heteroatoms. The molecule has 2 N–H and O–H groups in total. The fraction of sp³-hybridized carbons (Fsp3) is 0.812. The van der Waals surface area contributed by atoms with Crippen molar-refractivity contribution in [1.82, 2.24) is 30.3 Å². The summed E-state index contributed by atoms with van der Waals surface area (Å²) in [7, 11) is 1.87. The smallest absolute Gasteiger partial charge is 0.315 e. The van der Waals surface area contributed by atoms with Crippen LogP contribution in [0.4, 0.5) is 4.79 Å². The fourth-order valence-electron chi connectivity index (χ4n) is 3.15. The first-order chi connectivity index (χ1) is 11.1. The van der Waals surface area contributed by atoms with Gasteiger partial charge in [-0.05, 0) is 51.6 Å². The summed E-state index contributed by atoms with van der Waals surface area (Å²) in [6, 6.07) is -0.301. The number of amides is 2. The van der Waals surface area contributed by atoms with Crippen molar-refractivity contribution in [2.75, 3.05) is 26.2 Å². The SMILES string of the molecule is C[C@@H]1CCCN(CCCCNC(=O)N[C@@H](C)c2nncn2C)C1. The minimum Gasteiger partial charge on any atom is -0.338 e. The summed E-state index contributed by atoms with van der Waals surface area (Å²) in [6.07, 6.45) is 6.46. The molecule has 1 aliphatic heterocycles. The molecule has 2 amide bonds. The number of hydrogen-bond acceptors (Lipinski definition) is 4. The quantitative estimate of drug-likeness (QED) is 0.749. The van der Waals surface area contributed by atoms with Crippen LogP contribution in [0, 0.1) is 5.92 Å². The topological polar surface area (TPSA) is 75.1 Å². The van der Waals surface area contributed by atoms with Crippen LogP contribution in [0.1, 0.15) is 51.4 Å². The molecule has 1 fully saturated rings. The van der Waals surface area contributed by atoms with Gasteiger partial charge in [-0.15, -0.1) is 10.2 Å². The van der Waals surface area contributed by atoms with Crippen molar-refractivity contribution in [3.05, 3.63) is 12.2 Å². The molecule has 0 aromatic carbocycles. The second kappa shape index (κ2) is 8.86. The van der Waals surface area contributed by atoms with E-state index < -0.39 is 0 Å². The van der Waals surface area contributed by atoms with Crippen LogP contribution in [0.5, 0.6) is 0 Å². The molecular formula is C16H30N6O. The van der Waals surface area contributed by atoms with Crippen LogP contribution >= 0.6 is 0 Å². The van der Waals surface area contributed by atoms with Crippen LogP contribution in [0.3, 0.4) is 0 Å². The lowest BCUT2D eigenvalue weighted by molar-refractivity contribution is 0.181. The number of unbranched alkanes of at least 4 members (excludes halogenated alkanes) is 1. The third-order valence-electron chi connectivity index (χ3n) is 4.41.